The highest BCUT2D eigenvalue weighted by Gasteiger charge is 2.44. The lowest BCUT2D eigenvalue weighted by Crippen LogP contribution is -2.38. The van der Waals surface area contributed by atoms with Crippen molar-refractivity contribution >= 4 is 61.8 Å². The van der Waals surface area contributed by atoms with Gasteiger partial charge < -0.3 is 21.1 Å². The van der Waals surface area contributed by atoms with E-state index in [-0.39, 0.29) is 59.2 Å². The van der Waals surface area contributed by atoms with Gasteiger partial charge in [-0.05, 0) is 111 Å². The molecule has 123 heavy (non-hydrogen) atoms. The molecule has 0 aliphatic heterocycles. The molecule has 0 fully saturated rings. The van der Waals surface area contributed by atoms with Gasteiger partial charge in [-0.1, -0.05) is 251 Å². The summed E-state index contributed by atoms with van der Waals surface area (Å²) < 4.78 is 58.9. The van der Waals surface area contributed by atoms with Crippen molar-refractivity contribution in [1.82, 2.24) is 74.6 Å². The lowest BCUT2D eigenvalue weighted by molar-refractivity contribution is -0.140. The molecule has 0 saturated heterocycles. The van der Waals surface area contributed by atoms with E-state index >= 15 is 0 Å². The fourth-order valence-corrected chi connectivity index (χ4v) is 14.7. The molecule has 0 amide bonds. The molecule has 4 atom stereocenters. The third-order valence-corrected chi connectivity index (χ3v) is 21.8. The Bertz CT molecular complexity index is 5990. The van der Waals surface area contributed by atoms with Gasteiger partial charge in [0, 0.05) is 61.5 Å². The molecule has 0 saturated carbocycles. The molecule has 2 unspecified atom stereocenters. The van der Waals surface area contributed by atoms with E-state index in [1.54, 1.807) is 36.8 Å². The average Bonchev–Trinajstić information content (AvgIpc) is 1.62. The van der Waals surface area contributed by atoms with E-state index in [1.807, 2.05) is 230 Å². The number of carbonyl (C=O) groups is 3. The van der Waals surface area contributed by atoms with Crippen LogP contribution < -0.4 is 5.73 Å². The first-order valence-corrected chi connectivity index (χ1v) is 41.3. The van der Waals surface area contributed by atoms with Crippen molar-refractivity contribution in [3.8, 4) is 40.6 Å². The number of H-pyrrole nitrogens is 1. The predicted molar refractivity (Wildman–Crippen MR) is 467 cm³/mol. The normalized spacial score (nSPS) is 12.6. The SMILES string of the molecule is CC(C)(C)C(N)CC(=O)O.CC(C)(C)[C@@H](CC(=O)O)Cc1ccnc(-c2[nH]nc3ncc(F)cc23)n1.CC(C)(C)[C@@H](CC(=O)O)Cc1ccnc(-c2nn(C(c3ccccc3)(c3ccccc3)c3ccccc3)c3ncc(F)cc23)n1.CCC#N.CS(=O)c1ccnc(-c2nn(C(c3ccccc3)(c3ccccc3)c3ccccc3)c3ncc(F)cc23)n1. The number of hydrogen-bond acceptors (Lipinski definition) is 18. The summed E-state index contributed by atoms with van der Waals surface area (Å²) in [6.07, 6.45) is 11.5. The van der Waals surface area contributed by atoms with Gasteiger partial charge in [0.15, 0.2) is 34.4 Å². The Kier molecular flexibility index (Phi) is 29.0. The largest absolute Gasteiger partial charge is 0.481 e. The summed E-state index contributed by atoms with van der Waals surface area (Å²) >= 11 is 0. The number of carboxylic acids is 3. The Hall–Kier alpha value is -13.8. The average molecular weight is 1680 g/mol. The molecule has 9 heterocycles. The minimum atomic E-state index is -1.33. The topological polar surface area (TPSA) is 359 Å². The third kappa shape index (κ3) is 21.3. The first kappa shape index (κ1) is 90.0. The van der Waals surface area contributed by atoms with Crippen LogP contribution in [0.5, 0.6) is 0 Å². The number of aromatic amines is 1. The van der Waals surface area contributed by atoms with Gasteiger partial charge in [-0.2, -0.15) is 20.6 Å². The van der Waals surface area contributed by atoms with Crippen molar-refractivity contribution in [3.63, 3.8) is 0 Å². The highest BCUT2D eigenvalue weighted by Crippen LogP contribution is 2.46. The quantitative estimate of drug-likeness (QED) is 0.0311. The first-order chi connectivity index (χ1) is 58.7. The molecule has 0 radical (unpaired) electrons. The summed E-state index contributed by atoms with van der Waals surface area (Å²) in [7, 11) is -1.33. The van der Waals surface area contributed by atoms with Crippen molar-refractivity contribution in [3.05, 3.63) is 318 Å². The van der Waals surface area contributed by atoms with Crippen LogP contribution in [-0.2, 0) is 49.1 Å². The van der Waals surface area contributed by atoms with Gasteiger partial charge in [-0.15, -0.1) is 0 Å². The van der Waals surface area contributed by atoms with E-state index in [9.17, 15) is 42.0 Å². The lowest BCUT2D eigenvalue weighted by atomic mass is 9.76. The molecule has 15 aromatic rings. The molecule has 0 aliphatic carbocycles. The fourth-order valence-electron chi connectivity index (χ4n) is 14.3. The van der Waals surface area contributed by atoms with Crippen molar-refractivity contribution in [1.29, 1.82) is 5.26 Å². The zero-order chi connectivity index (χ0) is 88.4. The number of carboxylic acid groups (broad SMARTS) is 3. The number of aliphatic carboxylic acids is 3. The van der Waals surface area contributed by atoms with Gasteiger partial charge in [-0.3, -0.25) is 23.7 Å². The summed E-state index contributed by atoms with van der Waals surface area (Å²) in [5.74, 6) is -3.29. The third-order valence-electron chi connectivity index (χ3n) is 21.0. The van der Waals surface area contributed by atoms with Crippen LogP contribution in [0.1, 0.15) is 140 Å². The number of nitriles is 1. The van der Waals surface area contributed by atoms with E-state index in [1.165, 1.54) is 36.8 Å². The molecule has 630 valence electrons. The summed E-state index contributed by atoms with van der Waals surface area (Å²) in [6.45, 7) is 19.7. The number of nitrogens with two attached hydrogens (primary N) is 1. The number of hydrogen-bond donors (Lipinski definition) is 5. The van der Waals surface area contributed by atoms with Crippen LogP contribution in [-0.4, -0.2) is 124 Å². The Balaban J connectivity index is 0.000000171. The Labute approximate surface area is 713 Å². The number of nitrogens with one attached hydrogen (secondary N) is 1. The highest BCUT2D eigenvalue weighted by atomic mass is 32.2. The maximum atomic E-state index is 14.9. The highest BCUT2D eigenvalue weighted by molar-refractivity contribution is 7.84. The Morgan fingerprint density at radius 1 is 0.463 bits per heavy atom. The molecule has 28 heteroatoms. The number of benzene rings is 6. The second kappa shape index (κ2) is 39.6. The van der Waals surface area contributed by atoms with Gasteiger partial charge in [0.05, 0.1) is 58.0 Å². The smallest absolute Gasteiger partial charge is 0.304 e. The number of aromatic nitrogens is 15. The minimum absolute atomic E-state index is 0.0171. The van der Waals surface area contributed by atoms with Gasteiger partial charge in [0.1, 0.15) is 50.6 Å². The van der Waals surface area contributed by atoms with Crippen LogP contribution in [0.2, 0.25) is 0 Å². The van der Waals surface area contributed by atoms with Crippen LogP contribution in [0.15, 0.2) is 261 Å². The summed E-state index contributed by atoms with van der Waals surface area (Å²) in [6, 6.07) is 71.3. The summed E-state index contributed by atoms with van der Waals surface area (Å²) in [5.41, 5.74) is 12.7. The lowest BCUT2D eigenvalue weighted by Gasteiger charge is -2.36. The maximum Gasteiger partial charge on any atom is 0.304 e. The first-order valence-electron chi connectivity index (χ1n) is 39.8. The molecule has 24 nitrogen and oxygen atoms in total. The van der Waals surface area contributed by atoms with Crippen LogP contribution in [0.3, 0.4) is 0 Å². The van der Waals surface area contributed by atoms with Crippen LogP contribution in [0, 0.1) is 56.9 Å². The van der Waals surface area contributed by atoms with Gasteiger partial charge in [0.25, 0.3) is 0 Å². The Morgan fingerprint density at radius 2 is 0.789 bits per heavy atom. The number of rotatable bonds is 22. The van der Waals surface area contributed by atoms with E-state index in [0.29, 0.717) is 91.8 Å². The molecule has 0 aliphatic rings. The molecule has 6 aromatic carbocycles. The number of fused-ring (bicyclic) bond motifs is 3. The van der Waals surface area contributed by atoms with Crippen molar-refractivity contribution < 1.29 is 47.1 Å². The monoisotopic (exact) mass is 1680 g/mol. The van der Waals surface area contributed by atoms with Gasteiger partial charge in [-0.25, -0.2) is 67.4 Å². The molecular weight excluding hydrogens is 1580 g/mol. The predicted octanol–water partition coefficient (Wildman–Crippen LogP) is 18.1. The van der Waals surface area contributed by atoms with Crippen molar-refractivity contribution in [2.24, 2.45) is 33.8 Å². The molecular formula is C95H96F3N17O7S. The second-order valence-corrected chi connectivity index (χ2v) is 33.9. The summed E-state index contributed by atoms with van der Waals surface area (Å²) in [5, 5.41) is 53.6. The van der Waals surface area contributed by atoms with Crippen molar-refractivity contribution in [2.75, 3.05) is 6.26 Å². The van der Waals surface area contributed by atoms with E-state index in [0.717, 1.165) is 45.3 Å². The molecule has 9 aromatic heterocycles. The van der Waals surface area contributed by atoms with Crippen LogP contribution >= 0.6 is 0 Å². The van der Waals surface area contributed by atoms with Crippen LogP contribution in [0.25, 0.3) is 67.7 Å². The molecule has 15 rings (SSSR count). The number of nitrogens with zero attached hydrogens (tertiary/aromatic N) is 15. The molecule has 0 bridgehead atoms. The van der Waals surface area contributed by atoms with Gasteiger partial charge in [0.2, 0.25) is 0 Å². The number of halogens is 3. The number of pyridine rings is 3. The zero-order valence-corrected chi connectivity index (χ0v) is 70.8. The second-order valence-electron chi connectivity index (χ2n) is 32.5. The summed E-state index contributed by atoms with van der Waals surface area (Å²) in [4.78, 5) is 73.2. The zero-order valence-electron chi connectivity index (χ0n) is 70.0. The Morgan fingerprint density at radius 3 is 1.11 bits per heavy atom. The van der Waals surface area contributed by atoms with Crippen molar-refractivity contribution in [2.45, 2.75) is 130 Å². The van der Waals surface area contributed by atoms with E-state index in [2.05, 4.69) is 86.5 Å². The standard InChI is InChI=1S/C37H34FN5O2.C30H22FN5OS.C18H20FN5O2.C7H15NO2.C3H5N/c1-36(2,3)28(22-32(44)45)21-30-19-20-39-34(41-30)33-31-23-29(38)24-40-35(31)43(42-33)37(25-13-7-4-8-14-25,26-15-9-5-10-16-26)27-17-11-6-12-18-27;1-38(37)26-17-18-32-28(34-26)27-25-19-24(31)20-33-29(25)36(35-27)30(21-11-5-2-6-12-21,22-13-7-3-8-14-22)23-15-9-4-10-16-23;1-18(2,3)10(7-14(25)26)6-12-4-5-20-17(22-12)15-13-8-11(19)9-21-16(13)24-23-15;1-7(2,3)5(8)4-6(9)10;1-2-3-4/h4-20,23-24,28H,21-22H2,1-3H3,(H,44,45);2-20H,1H3;4-5,8-10H,6-7H2,1-3H3,(H,25,26)(H,21,23,24);5H,4,8H2,1-3H3,(H,9,10);2H2,1H3/t28-;;10-;;/m1.1../s1. The van der Waals surface area contributed by atoms with E-state index < -0.39 is 57.2 Å². The van der Waals surface area contributed by atoms with E-state index in [4.69, 9.17) is 31.3 Å². The fraction of sp³-hybridized carbons (Fsp3) is 0.263. The molecule has 6 N–H and O–H groups in total. The maximum absolute atomic E-state index is 14.9. The minimum Gasteiger partial charge on any atom is -0.481 e. The molecule has 0 spiro atoms. The van der Waals surface area contributed by atoms with Crippen LogP contribution in [0.4, 0.5) is 13.2 Å². The van der Waals surface area contributed by atoms with Gasteiger partial charge >= 0.3 is 17.9 Å².